The van der Waals surface area contributed by atoms with E-state index in [9.17, 15) is 0 Å². The molecule has 0 fully saturated rings. The molecule has 0 aromatic carbocycles. The van der Waals surface area contributed by atoms with Crippen LogP contribution in [0, 0.1) is 0 Å². The Morgan fingerprint density at radius 1 is 1.12 bits per heavy atom. The predicted octanol–water partition coefficient (Wildman–Crippen LogP) is 3.06. The van der Waals surface area contributed by atoms with Crippen molar-refractivity contribution < 1.29 is 4.58 Å². The lowest BCUT2D eigenvalue weighted by Gasteiger charge is -2.08. The second kappa shape index (κ2) is 8.10. The zero-order valence-electron chi connectivity index (χ0n) is 11.7. The van der Waals surface area contributed by atoms with E-state index in [1.165, 1.54) is 44.4 Å². The normalized spacial score (nSPS) is 18.8. The van der Waals surface area contributed by atoms with Gasteiger partial charge >= 0.3 is 0 Å². The zero-order valence-corrected chi connectivity index (χ0v) is 11.7. The van der Waals surface area contributed by atoms with Crippen molar-refractivity contribution in [1.82, 2.24) is 4.90 Å². The third kappa shape index (κ3) is 6.30. The summed E-state index contributed by atoms with van der Waals surface area (Å²) >= 11 is 0. The summed E-state index contributed by atoms with van der Waals surface area (Å²) in [4.78, 5) is 2.07. The summed E-state index contributed by atoms with van der Waals surface area (Å²) < 4.78 is 2.42. The van der Waals surface area contributed by atoms with Gasteiger partial charge in [0.25, 0.3) is 0 Å². The Hall–Kier alpha value is -1.05. The fourth-order valence-electron chi connectivity index (χ4n) is 2.11. The van der Waals surface area contributed by atoms with Crippen LogP contribution in [0.4, 0.5) is 0 Å². The van der Waals surface area contributed by atoms with Crippen molar-refractivity contribution in [3.05, 3.63) is 24.4 Å². The van der Waals surface area contributed by atoms with Crippen LogP contribution in [0.25, 0.3) is 0 Å². The summed E-state index contributed by atoms with van der Waals surface area (Å²) in [5.74, 6) is 0. The van der Waals surface area contributed by atoms with Gasteiger partial charge in [0.05, 0.1) is 0 Å². The maximum Gasteiger partial charge on any atom is 0.175 e. The SMILES string of the molecule is CN(C)/C=C/C/C=C/C1=[N+](C)CCCCCC1. The minimum Gasteiger partial charge on any atom is -0.384 e. The number of allylic oxidation sites excluding steroid dienone is 3. The lowest BCUT2D eigenvalue weighted by molar-refractivity contribution is -0.498. The number of nitrogens with zero attached hydrogens (tertiary/aromatic N) is 2. The van der Waals surface area contributed by atoms with Crippen molar-refractivity contribution in [2.75, 3.05) is 27.7 Å². The zero-order chi connectivity index (χ0) is 12.5. The van der Waals surface area contributed by atoms with Gasteiger partial charge in [0.2, 0.25) is 0 Å². The summed E-state index contributed by atoms with van der Waals surface area (Å²) in [6.45, 7) is 1.22. The van der Waals surface area contributed by atoms with E-state index >= 15 is 0 Å². The molecule has 0 saturated carbocycles. The van der Waals surface area contributed by atoms with Gasteiger partial charge in [-0.05, 0) is 25.5 Å². The van der Waals surface area contributed by atoms with E-state index in [0.29, 0.717) is 0 Å². The van der Waals surface area contributed by atoms with Crippen LogP contribution >= 0.6 is 0 Å². The summed E-state index contributed by atoms with van der Waals surface area (Å²) in [6.07, 6.45) is 16.6. The highest BCUT2D eigenvalue weighted by atomic mass is 15.0. The topological polar surface area (TPSA) is 6.25 Å². The van der Waals surface area contributed by atoms with Gasteiger partial charge in [-0.1, -0.05) is 18.6 Å². The van der Waals surface area contributed by atoms with E-state index in [4.69, 9.17) is 0 Å². The molecule has 1 aliphatic rings. The molecular formula is C15H27N2+. The van der Waals surface area contributed by atoms with Crippen LogP contribution < -0.4 is 0 Å². The molecule has 17 heavy (non-hydrogen) atoms. The van der Waals surface area contributed by atoms with Crippen molar-refractivity contribution >= 4 is 5.71 Å². The van der Waals surface area contributed by atoms with Gasteiger partial charge in [-0.2, -0.15) is 0 Å². The Bertz CT molecular complexity index is 298. The van der Waals surface area contributed by atoms with E-state index < -0.39 is 0 Å². The first-order valence-corrected chi connectivity index (χ1v) is 6.77. The van der Waals surface area contributed by atoms with Gasteiger partial charge in [-0.15, -0.1) is 0 Å². The van der Waals surface area contributed by atoms with Gasteiger partial charge in [0.15, 0.2) is 5.71 Å². The molecule has 0 saturated heterocycles. The molecule has 0 aliphatic carbocycles. The maximum absolute atomic E-state index is 2.42. The number of rotatable bonds is 4. The van der Waals surface area contributed by atoms with Crippen LogP contribution in [0.2, 0.25) is 0 Å². The lowest BCUT2D eigenvalue weighted by Crippen LogP contribution is -2.18. The summed E-state index contributed by atoms with van der Waals surface area (Å²) in [7, 11) is 6.33. The average molecular weight is 235 g/mol. The molecule has 1 rings (SSSR count). The largest absolute Gasteiger partial charge is 0.384 e. The molecule has 0 aromatic rings. The van der Waals surface area contributed by atoms with Gasteiger partial charge in [0, 0.05) is 33.0 Å². The molecule has 2 nitrogen and oxygen atoms in total. The predicted molar refractivity (Wildman–Crippen MR) is 75.7 cm³/mol. The Kier molecular flexibility index (Phi) is 6.68. The third-order valence-electron chi connectivity index (χ3n) is 3.15. The fraction of sp³-hybridized carbons (Fsp3) is 0.667. The molecule has 1 aliphatic heterocycles. The van der Waals surface area contributed by atoms with E-state index in [1.807, 2.05) is 0 Å². The molecule has 0 N–H and O–H groups in total. The van der Waals surface area contributed by atoms with Gasteiger partial charge in [-0.3, -0.25) is 0 Å². The first-order chi connectivity index (χ1) is 8.20. The second-order valence-electron chi connectivity index (χ2n) is 5.06. The standard InChI is InChI=1S/C15H27N2/c1-16(2)13-9-6-8-12-15-11-7-4-5-10-14-17(15)3/h8-9,12-13H,4-7,10-11,14H2,1-3H3/q+1/b12-8+,13-9+,17-15?. The minimum absolute atomic E-state index is 1.02. The highest BCUT2D eigenvalue weighted by Gasteiger charge is 2.10. The smallest absolute Gasteiger partial charge is 0.175 e. The van der Waals surface area contributed by atoms with E-state index in [-0.39, 0.29) is 0 Å². The molecule has 0 radical (unpaired) electrons. The van der Waals surface area contributed by atoms with E-state index in [0.717, 1.165) is 6.42 Å². The highest BCUT2D eigenvalue weighted by molar-refractivity contribution is 5.90. The highest BCUT2D eigenvalue weighted by Crippen LogP contribution is 2.09. The quantitative estimate of drug-likeness (QED) is 0.679. The van der Waals surface area contributed by atoms with E-state index in [2.05, 4.69) is 55.0 Å². The fourth-order valence-corrected chi connectivity index (χ4v) is 2.11. The molecule has 1 heterocycles. The Labute approximate surface area is 106 Å². The van der Waals surface area contributed by atoms with Crippen molar-refractivity contribution in [1.29, 1.82) is 0 Å². The van der Waals surface area contributed by atoms with E-state index in [1.54, 1.807) is 0 Å². The molecule has 2 heteroatoms. The molecule has 0 amide bonds. The first kappa shape index (κ1) is 14.0. The van der Waals surface area contributed by atoms with Crippen LogP contribution in [0.3, 0.4) is 0 Å². The Balaban J connectivity index is 2.46. The Morgan fingerprint density at radius 3 is 2.65 bits per heavy atom. The molecular weight excluding hydrogens is 208 g/mol. The molecule has 0 spiro atoms. The van der Waals surface area contributed by atoms with Crippen molar-refractivity contribution in [3.63, 3.8) is 0 Å². The number of hydrogen-bond acceptors (Lipinski definition) is 1. The first-order valence-electron chi connectivity index (χ1n) is 6.77. The second-order valence-corrected chi connectivity index (χ2v) is 5.06. The monoisotopic (exact) mass is 235 g/mol. The van der Waals surface area contributed by atoms with Gasteiger partial charge in [0.1, 0.15) is 13.6 Å². The molecule has 0 bridgehead atoms. The molecule has 96 valence electrons. The van der Waals surface area contributed by atoms with Crippen molar-refractivity contribution in [3.8, 4) is 0 Å². The molecule has 0 aromatic heterocycles. The van der Waals surface area contributed by atoms with Crippen LogP contribution in [-0.4, -0.2) is 42.9 Å². The van der Waals surface area contributed by atoms with Crippen LogP contribution in [0.15, 0.2) is 24.4 Å². The summed E-state index contributed by atoms with van der Waals surface area (Å²) in [6, 6.07) is 0. The number of hydrogen-bond donors (Lipinski definition) is 0. The minimum atomic E-state index is 1.02. The van der Waals surface area contributed by atoms with Gasteiger partial charge in [-0.25, -0.2) is 4.58 Å². The van der Waals surface area contributed by atoms with Crippen LogP contribution in [-0.2, 0) is 0 Å². The molecule has 0 unspecified atom stereocenters. The van der Waals surface area contributed by atoms with Crippen LogP contribution in [0.5, 0.6) is 0 Å². The lowest BCUT2D eigenvalue weighted by atomic mass is 10.1. The van der Waals surface area contributed by atoms with Crippen LogP contribution in [0.1, 0.15) is 38.5 Å². The summed E-state index contributed by atoms with van der Waals surface area (Å²) in [5, 5.41) is 0. The Morgan fingerprint density at radius 2 is 1.88 bits per heavy atom. The molecule has 0 atom stereocenters. The van der Waals surface area contributed by atoms with Crippen molar-refractivity contribution in [2.24, 2.45) is 0 Å². The maximum atomic E-state index is 2.42. The van der Waals surface area contributed by atoms with Gasteiger partial charge < -0.3 is 4.90 Å². The third-order valence-corrected chi connectivity index (χ3v) is 3.15. The average Bonchev–Trinajstić information content (AvgIpc) is 2.26. The van der Waals surface area contributed by atoms with Crippen molar-refractivity contribution in [2.45, 2.75) is 38.5 Å². The summed E-state index contributed by atoms with van der Waals surface area (Å²) in [5.41, 5.74) is 1.50.